The Morgan fingerprint density at radius 3 is 2.36 bits per heavy atom. The summed E-state index contributed by atoms with van der Waals surface area (Å²) in [5, 5.41) is 0. The van der Waals surface area contributed by atoms with Gasteiger partial charge in [-0.05, 0) is 60.6 Å². The first-order valence-corrected chi connectivity index (χ1v) is 9.12. The number of ketones is 1. The summed E-state index contributed by atoms with van der Waals surface area (Å²) in [5.41, 5.74) is 6.52. The zero-order valence-corrected chi connectivity index (χ0v) is 15.4. The maximum Gasteiger partial charge on any atom is 0.137 e. The smallest absolute Gasteiger partial charge is 0.137 e. The van der Waals surface area contributed by atoms with E-state index in [9.17, 15) is 9.18 Å². The van der Waals surface area contributed by atoms with E-state index in [1.165, 1.54) is 30.5 Å². The first-order chi connectivity index (χ1) is 12.0. The molecule has 0 saturated heterocycles. The molecule has 1 aliphatic carbocycles. The van der Waals surface area contributed by atoms with Gasteiger partial charge in [-0.1, -0.05) is 57.0 Å². The van der Waals surface area contributed by atoms with Crippen molar-refractivity contribution in [3.63, 3.8) is 0 Å². The number of Topliss-reactive ketones (excluding diaryl/α,β-unsaturated/α-hetero) is 1. The maximum absolute atomic E-state index is 13.1. The Morgan fingerprint density at radius 2 is 1.76 bits per heavy atom. The van der Waals surface area contributed by atoms with Crippen LogP contribution >= 0.6 is 0 Å². The van der Waals surface area contributed by atoms with Gasteiger partial charge in [0.15, 0.2) is 0 Å². The Kier molecular flexibility index (Phi) is 7.16. The van der Waals surface area contributed by atoms with Crippen molar-refractivity contribution in [1.82, 2.24) is 0 Å². The summed E-state index contributed by atoms with van der Waals surface area (Å²) < 4.78 is 13.1. The van der Waals surface area contributed by atoms with Crippen LogP contribution in [0.25, 0.3) is 0 Å². The van der Waals surface area contributed by atoms with Crippen LogP contribution in [-0.4, -0.2) is 5.78 Å². The molecular weight excluding hydrogens is 311 g/mol. The third kappa shape index (κ3) is 5.69. The minimum atomic E-state index is -0.280. The van der Waals surface area contributed by atoms with Crippen LogP contribution in [0.3, 0.4) is 0 Å². The van der Waals surface area contributed by atoms with Crippen LogP contribution in [0.2, 0.25) is 0 Å². The zero-order valence-electron chi connectivity index (χ0n) is 15.4. The normalized spacial score (nSPS) is 14.9. The highest BCUT2D eigenvalue weighted by Gasteiger charge is 2.18. The summed E-state index contributed by atoms with van der Waals surface area (Å²) in [6, 6.07) is 6.24. The number of halogens is 1. The molecule has 0 N–H and O–H groups in total. The summed E-state index contributed by atoms with van der Waals surface area (Å²) in [4.78, 5) is 12.1. The quantitative estimate of drug-likeness (QED) is 0.509. The molecule has 1 aromatic carbocycles. The Labute approximate surface area is 150 Å². The van der Waals surface area contributed by atoms with Crippen LogP contribution in [0.4, 0.5) is 4.39 Å². The number of rotatable bonds is 8. The summed E-state index contributed by atoms with van der Waals surface area (Å²) >= 11 is 0. The lowest BCUT2D eigenvalue weighted by Gasteiger charge is -2.15. The molecule has 25 heavy (non-hydrogen) atoms. The van der Waals surface area contributed by atoms with Crippen molar-refractivity contribution >= 4 is 5.78 Å². The highest BCUT2D eigenvalue weighted by Crippen LogP contribution is 2.27. The lowest BCUT2D eigenvalue weighted by Crippen LogP contribution is -2.09. The molecule has 0 fully saturated rings. The molecule has 1 unspecified atom stereocenters. The minimum Gasteiger partial charge on any atom is -0.299 e. The molecule has 2 heteroatoms. The fourth-order valence-corrected chi connectivity index (χ4v) is 3.15. The van der Waals surface area contributed by atoms with E-state index in [0.29, 0.717) is 12.3 Å². The maximum atomic E-state index is 13.1. The molecule has 2 rings (SSSR count). The van der Waals surface area contributed by atoms with Crippen LogP contribution in [-0.2, 0) is 4.79 Å². The Morgan fingerprint density at radius 1 is 1.08 bits per heavy atom. The van der Waals surface area contributed by atoms with E-state index in [0.717, 1.165) is 17.6 Å². The molecule has 1 nitrogen and oxygen atoms in total. The highest BCUT2D eigenvalue weighted by molar-refractivity contribution is 5.83. The van der Waals surface area contributed by atoms with Gasteiger partial charge in [-0.15, -0.1) is 5.73 Å². The molecule has 0 saturated carbocycles. The molecule has 132 valence electrons. The van der Waals surface area contributed by atoms with E-state index >= 15 is 0 Å². The SMILES string of the molecule is CCC(CC)CC1=C=CC=C(CC(C(C)=O)c2ccc(F)cc2)C=C1. The second-order valence-electron chi connectivity index (χ2n) is 6.72. The second kappa shape index (κ2) is 9.34. The molecule has 1 aromatic rings. The molecule has 0 radical (unpaired) electrons. The van der Waals surface area contributed by atoms with Gasteiger partial charge in [0.1, 0.15) is 11.6 Å². The Balaban J connectivity index is 2.10. The fraction of sp³-hybridized carbons (Fsp3) is 0.391. The van der Waals surface area contributed by atoms with Crippen molar-refractivity contribution in [2.24, 2.45) is 5.92 Å². The van der Waals surface area contributed by atoms with Gasteiger partial charge in [0.05, 0.1) is 0 Å². The number of hydrogen-bond acceptors (Lipinski definition) is 1. The first-order valence-electron chi connectivity index (χ1n) is 9.12. The summed E-state index contributed by atoms with van der Waals surface area (Å²) in [6.45, 7) is 6.05. The van der Waals surface area contributed by atoms with Gasteiger partial charge in [0, 0.05) is 5.92 Å². The monoisotopic (exact) mass is 338 g/mol. The predicted molar refractivity (Wildman–Crippen MR) is 102 cm³/mol. The number of benzene rings is 1. The Bertz CT molecular complexity index is 711. The topological polar surface area (TPSA) is 17.1 Å². The van der Waals surface area contributed by atoms with Gasteiger partial charge in [-0.2, -0.15) is 0 Å². The van der Waals surface area contributed by atoms with Crippen LogP contribution in [0, 0.1) is 11.7 Å². The minimum absolute atomic E-state index is 0.0966. The van der Waals surface area contributed by atoms with Crippen LogP contribution in [0.15, 0.2) is 65.4 Å². The molecule has 0 amide bonds. The fourth-order valence-electron chi connectivity index (χ4n) is 3.15. The van der Waals surface area contributed by atoms with Gasteiger partial charge in [-0.25, -0.2) is 4.39 Å². The van der Waals surface area contributed by atoms with Gasteiger partial charge >= 0.3 is 0 Å². The van der Waals surface area contributed by atoms with Crippen LogP contribution in [0.5, 0.6) is 0 Å². The third-order valence-corrected chi connectivity index (χ3v) is 4.93. The van der Waals surface area contributed by atoms with E-state index in [-0.39, 0.29) is 17.5 Å². The van der Waals surface area contributed by atoms with Crippen LogP contribution < -0.4 is 0 Å². The second-order valence-corrected chi connectivity index (χ2v) is 6.72. The molecular formula is C23H27FO. The van der Waals surface area contributed by atoms with Crippen molar-refractivity contribution in [3.8, 4) is 0 Å². The van der Waals surface area contributed by atoms with E-state index < -0.39 is 0 Å². The number of carbonyl (C=O) groups is 1. The standard InChI is InChI=1S/C23H27FO/c1-4-18(5-2)15-19-7-6-8-20(10-9-19)16-23(17(3)25)21-11-13-22(24)14-12-21/h6,8-14,18,23H,4-5,15-16H2,1-3H3. The lowest BCUT2D eigenvalue weighted by molar-refractivity contribution is -0.118. The van der Waals surface area contributed by atoms with Crippen molar-refractivity contribution in [2.45, 2.75) is 52.4 Å². The summed E-state index contributed by atoms with van der Waals surface area (Å²) in [7, 11) is 0. The molecule has 0 spiro atoms. The van der Waals surface area contributed by atoms with Crippen molar-refractivity contribution in [3.05, 3.63) is 76.8 Å². The van der Waals surface area contributed by atoms with E-state index in [1.807, 2.05) is 12.2 Å². The molecule has 1 aliphatic rings. The van der Waals surface area contributed by atoms with Crippen molar-refractivity contribution in [1.29, 1.82) is 0 Å². The number of carbonyl (C=O) groups excluding carboxylic acids is 1. The van der Waals surface area contributed by atoms with E-state index in [4.69, 9.17) is 0 Å². The third-order valence-electron chi connectivity index (χ3n) is 4.93. The zero-order chi connectivity index (χ0) is 18.2. The van der Waals surface area contributed by atoms with Crippen molar-refractivity contribution in [2.75, 3.05) is 0 Å². The van der Waals surface area contributed by atoms with Gasteiger partial charge in [-0.3, -0.25) is 4.79 Å². The average molecular weight is 338 g/mol. The largest absolute Gasteiger partial charge is 0.299 e. The van der Waals surface area contributed by atoms with E-state index in [1.54, 1.807) is 19.1 Å². The summed E-state index contributed by atoms with van der Waals surface area (Å²) in [6.07, 6.45) is 12.2. The molecule has 0 heterocycles. The van der Waals surface area contributed by atoms with Gasteiger partial charge < -0.3 is 0 Å². The van der Waals surface area contributed by atoms with Gasteiger partial charge in [0.25, 0.3) is 0 Å². The van der Waals surface area contributed by atoms with Crippen LogP contribution in [0.1, 0.15) is 57.9 Å². The van der Waals surface area contributed by atoms with Crippen molar-refractivity contribution < 1.29 is 9.18 Å². The molecule has 0 aliphatic heterocycles. The Hall–Kier alpha value is -2.18. The van der Waals surface area contributed by atoms with E-state index in [2.05, 4.69) is 31.7 Å². The summed E-state index contributed by atoms with van der Waals surface area (Å²) in [5.74, 6) is 0.258. The molecule has 1 atom stereocenters. The van der Waals surface area contributed by atoms with Gasteiger partial charge in [0.2, 0.25) is 0 Å². The predicted octanol–water partition coefficient (Wildman–Crippen LogP) is 6.29. The molecule has 0 bridgehead atoms. The highest BCUT2D eigenvalue weighted by atomic mass is 19.1. The number of allylic oxidation sites excluding steroid dienone is 5. The number of hydrogen-bond donors (Lipinski definition) is 0. The lowest BCUT2D eigenvalue weighted by atomic mass is 9.88. The molecule has 0 aromatic heterocycles. The average Bonchev–Trinajstić information content (AvgIpc) is 2.83. The first kappa shape index (κ1) is 19.1.